The summed E-state index contributed by atoms with van der Waals surface area (Å²) in [6.45, 7) is 1.36. The molecule has 1 aromatic heterocycles. The molecule has 0 bridgehead atoms. The normalized spacial score (nSPS) is 10.7. The Hall–Kier alpha value is -1.82. The summed E-state index contributed by atoms with van der Waals surface area (Å²) in [5.74, 6) is -0.187. The number of nitrogens with one attached hydrogen (secondary N) is 2. The molecule has 2 aromatic rings. The quantitative estimate of drug-likeness (QED) is 0.836. The van der Waals surface area contributed by atoms with Gasteiger partial charge >= 0.3 is 0 Å². The first kappa shape index (κ1) is 17.5. The third kappa shape index (κ3) is 5.39. The largest absolute Gasteiger partial charge is 0.354 e. The zero-order chi connectivity index (χ0) is 16.8. The predicted octanol–water partition coefficient (Wildman–Crippen LogP) is 3.42. The van der Waals surface area contributed by atoms with Gasteiger partial charge in [0, 0.05) is 18.8 Å². The van der Waals surface area contributed by atoms with E-state index < -0.39 is 0 Å². The van der Waals surface area contributed by atoms with Gasteiger partial charge in [0.2, 0.25) is 0 Å². The SMILES string of the molecule is CN(C)CCNC(=O)c1ccc(Nc2ccc(Cl)c(Cl)c2)cn1. The second-order valence-electron chi connectivity index (χ2n) is 5.25. The summed E-state index contributed by atoms with van der Waals surface area (Å²) in [5.41, 5.74) is 1.93. The monoisotopic (exact) mass is 352 g/mol. The highest BCUT2D eigenvalue weighted by Gasteiger charge is 2.07. The van der Waals surface area contributed by atoms with Gasteiger partial charge in [0.15, 0.2) is 0 Å². The molecule has 1 amide bonds. The molecule has 2 rings (SSSR count). The van der Waals surface area contributed by atoms with E-state index in [4.69, 9.17) is 23.2 Å². The number of benzene rings is 1. The molecule has 2 N–H and O–H groups in total. The number of hydrogen-bond donors (Lipinski definition) is 2. The molecule has 5 nitrogen and oxygen atoms in total. The summed E-state index contributed by atoms with van der Waals surface area (Å²) in [4.78, 5) is 18.1. The number of carbonyl (C=O) groups excluding carboxylic acids is 1. The fourth-order valence-electron chi connectivity index (χ4n) is 1.83. The van der Waals surface area contributed by atoms with Crippen molar-refractivity contribution in [2.24, 2.45) is 0 Å². The van der Waals surface area contributed by atoms with Gasteiger partial charge < -0.3 is 15.5 Å². The lowest BCUT2D eigenvalue weighted by molar-refractivity contribution is 0.0946. The molecule has 0 fully saturated rings. The van der Waals surface area contributed by atoms with Gasteiger partial charge in [-0.05, 0) is 44.4 Å². The molecule has 23 heavy (non-hydrogen) atoms. The standard InChI is InChI=1S/C16H18Cl2N4O/c1-22(2)8-7-19-16(23)15-6-4-12(10-20-15)21-11-3-5-13(17)14(18)9-11/h3-6,9-10,21H,7-8H2,1-2H3,(H,19,23). The van der Waals surface area contributed by atoms with Crippen molar-refractivity contribution in [3.8, 4) is 0 Å². The maximum atomic E-state index is 11.9. The number of pyridine rings is 1. The Morgan fingerprint density at radius 2 is 1.87 bits per heavy atom. The fourth-order valence-corrected chi connectivity index (χ4v) is 2.12. The maximum Gasteiger partial charge on any atom is 0.269 e. The molecule has 1 heterocycles. The van der Waals surface area contributed by atoms with Crippen LogP contribution >= 0.6 is 23.2 Å². The van der Waals surface area contributed by atoms with Crippen LogP contribution < -0.4 is 10.6 Å². The summed E-state index contributed by atoms with van der Waals surface area (Å²) >= 11 is 11.9. The van der Waals surface area contributed by atoms with Crippen molar-refractivity contribution >= 4 is 40.5 Å². The average Bonchev–Trinajstić information content (AvgIpc) is 2.51. The lowest BCUT2D eigenvalue weighted by atomic mass is 10.3. The molecule has 122 valence electrons. The van der Waals surface area contributed by atoms with Crippen LogP contribution in [0.3, 0.4) is 0 Å². The van der Waals surface area contributed by atoms with E-state index >= 15 is 0 Å². The topological polar surface area (TPSA) is 57.3 Å². The Bertz CT molecular complexity index is 674. The van der Waals surface area contributed by atoms with Crippen molar-refractivity contribution < 1.29 is 4.79 Å². The van der Waals surface area contributed by atoms with E-state index in [1.165, 1.54) is 0 Å². The van der Waals surface area contributed by atoms with Crippen molar-refractivity contribution in [3.63, 3.8) is 0 Å². The van der Waals surface area contributed by atoms with Crippen molar-refractivity contribution in [3.05, 3.63) is 52.3 Å². The lowest BCUT2D eigenvalue weighted by Gasteiger charge is -2.10. The first-order chi connectivity index (χ1) is 11.0. The van der Waals surface area contributed by atoms with Crippen LogP contribution in [0.15, 0.2) is 36.5 Å². The average molecular weight is 353 g/mol. The van der Waals surface area contributed by atoms with E-state index in [1.807, 2.05) is 25.1 Å². The second kappa shape index (κ2) is 8.15. The molecule has 0 aliphatic rings. The zero-order valence-electron chi connectivity index (χ0n) is 12.9. The van der Waals surface area contributed by atoms with E-state index in [0.717, 1.165) is 17.9 Å². The van der Waals surface area contributed by atoms with Crippen LogP contribution in [0.25, 0.3) is 0 Å². The van der Waals surface area contributed by atoms with Gasteiger partial charge in [-0.3, -0.25) is 4.79 Å². The Morgan fingerprint density at radius 1 is 1.13 bits per heavy atom. The first-order valence-electron chi connectivity index (χ1n) is 7.07. The number of aromatic nitrogens is 1. The van der Waals surface area contributed by atoms with Gasteiger partial charge in [0.05, 0.1) is 21.9 Å². The third-order valence-electron chi connectivity index (χ3n) is 3.05. The van der Waals surface area contributed by atoms with Gasteiger partial charge in [0.1, 0.15) is 5.69 Å². The maximum absolute atomic E-state index is 11.9. The van der Waals surface area contributed by atoms with Crippen LogP contribution in [0, 0.1) is 0 Å². The summed E-state index contributed by atoms with van der Waals surface area (Å²) in [5, 5.41) is 6.94. The highest BCUT2D eigenvalue weighted by atomic mass is 35.5. The number of hydrogen-bond acceptors (Lipinski definition) is 4. The van der Waals surface area contributed by atoms with Crippen LogP contribution in [-0.4, -0.2) is 43.0 Å². The summed E-state index contributed by atoms with van der Waals surface area (Å²) < 4.78 is 0. The highest BCUT2D eigenvalue weighted by Crippen LogP contribution is 2.26. The van der Waals surface area contributed by atoms with Crippen molar-refractivity contribution in [1.82, 2.24) is 15.2 Å². The Labute approximate surface area is 145 Å². The third-order valence-corrected chi connectivity index (χ3v) is 3.79. The second-order valence-corrected chi connectivity index (χ2v) is 6.06. The molecular formula is C16H18Cl2N4O. The van der Waals surface area contributed by atoms with Crippen molar-refractivity contribution in [2.45, 2.75) is 0 Å². The van der Waals surface area contributed by atoms with Gasteiger partial charge in [0.25, 0.3) is 5.91 Å². The Morgan fingerprint density at radius 3 is 2.48 bits per heavy atom. The number of amides is 1. The number of carbonyl (C=O) groups is 1. The van der Waals surface area contributed by atoms with Gasteiger partial charge in [-0.1, -0.05) is 23.2 Å². The van der Waals surface area contributed by atoms with E-state index in [0.29, 0.717) is 22.3 Å². The lowest BCUT2D eigenvalue weighted by Crippen LogP contribution is -2.31. The van der Waals surface area contributed by atoms with E-state index in [2.05, 4.69) is 15.6 Å². The minimum Gasteiger partial charge on any atom is -0.354 e. The fraction of sp³-hybridized carbons (Fsp3) is 0.250. The van der Waals surface area contributed by atoms with Gasteiger partial charge in [-0.25, -0.2) is 4.98 Å². The van der Waals surface area contributed by atoms with Crippen LogP contribution in [0.4, 0.5) is 11.4 Å². The number of anilines is 2. The van der Waals surface area contributed by atoms with E-state index in [-0.39, 0.29) is 5.91 Å². The molecule has 0 spiro atoms. The highest BCUT2D eigenvalue weighted by molar-refractivity contribution is 6.42. The van der Waals surface area contributed by atoms with Crippen molar-refractivity contribution in [1.29, 1.82) is 0 Å². The first-order valence-corrected chi connectivity index (χ1v) is 7.82. The number of rotatable bonds is 6. The number of halogens is 2. The molecular weight excluding hydrogens is 335 g/mol. The van der Waals surface area contributed by atoms with Crippen LogP contribution in [0.2, 0.25) is 10.0 Å². The minimum absolute atomic E-state index is 0.187. The molecule has 1 aromatic carbocycles. The Balaban J connectivity index is 1.96. The molecule has 0 saturated carbocycles. The summed E-state index contributed by atoms with van der Waals surface area (Å²) in [6.07, 6.45) is 1.60. The summed E-state index contributed by atoms with van der Waals surface area (Å²) in [6, 6.07) is 8.72. The molecule has 0 atom stereocenters. The Kier molecular flexibility index (Phi) is 6.21. The molecule has 0 unspecified atom stereocenters. The van der Waals surface area contributed by atoms with Crippen LogP contribution in [0.5, 0.6) is 0 Å². The molecule has 7 heteroatoms. The van der Waals surface area contributed by atoms with E-state index in [9.17, 15) is 4.79 Å². The van der Waals surface area contributed by atoms with Crippen molar-refractivity contribution in [2.75, 3.05) is 32.5 Å². The minimum atomic E-state index is -0.187. The molecule has 0 aliphatic heterocycles. The summed E-state index contributed by atoms with van der Waals surface area (Å²) in [7, 11) is 3.90. The molecule has 0 saturated heterocycles. The zero-order valence-corrected chi connectivity index (χ0v) is 14.4. The van der Waals surface area contributed by atoms with Crippen LogP contribution in [0.1, 0.15) is 10.5 Å². The molecule has 0 aliphatic carbocycles. The predicted molar refractivity (Wildman–Crippen MR) is 94.9 cm³/mol. The molecule has 0 radical (unpaired) electrons. The number of nitrogens with zero attached hydrogens (tertiary/aromatic N) is 2. The van der Waals surface area contributed by atoms with Gasteiger partial charge in [-0.15, -0.1) is 0 Å². The number of likely N-dealkylation sites (N-methyl/N-ethyl adjacent to an activating group) is 1. The van der Waals surface area contributed by atoms with E-state index in [1.54, 1.807) is 30.5 Å². The van der Waals surface area contributed by atoms with Crippen LogP contribution in [-0.2, 0) is 0 Å². The van der Waals surface area contributed by atoms with Gasteiger partial charge in [-0.2, -0.15) is 0 Å². The smallest absolute Gasteiger partial charge is 0.269 e.